The van der Waals surface area contributed by atoms with Crippen LogP contribution >= 0.6 is 12.6 Å². The van der Waals surface area contributed by atoms with E-state index in [1.165, 1.54) is 0 Å². The summed E-state index contributed by atoms with van der Waals surface area (Å²) in [7, 11) is 0. The highest BCUT2D eigenvalue weighted by molar-refractivity contribution is 7.81. The van der Waals surface area contributed by atoms with Crippen LogP contribution in [0, 0.1) is 23.3 Å². The molecule has 3 aromatic carbocycles. The summed E-state index contributed by atoms with van der Waals surface area (Å²) in [4.78, 5) is 16.1. The van der Waals surface area contributed by atoms with Crippen molar-refractivity contribution in [2.45, 2.75) is 37.4 Å². The van der Waals surface area contributed by atoms with E-state index in [4.69, 9.17) is 4.74 Å². The van der Waals surface area contributed by atoms with Crippen LogP contribution in [0.5, 0.6) is 0 Å². The minimum Gasteiger partial charge on any atom is -0.445 e. The average molecular weight is 519 g/mol. The van der Waals surface area contributed by atoms with Gasteiger partial charge in [-0.2, -0.15) is 12.6 Å². The summed E-state index contributed by atoms with van der Waals surface area (Å²) >= 11 is 4.54. The van der Waals surface area contributed by atoms with Gasteiger partial charge in [-0.3, -0.25) is 4.90 Å². The quantitative estimate of drug-likeness (QED) is 0.295. The number of hydrogen-bond donors (Lipinski definition) is 1. The Kier molecular flexibility index (Phi) is 8.53. The van der Waals surface area contributed by atoms with E-state index < -0.39 is 29.4 Å². The maximum atomic E-state index is 14.4. The van der Waals surface area contributed by atoms with Crippen LogP contribution < -0.4 is 0 Å². The Morgan fingerprint density at radius 1 is 0.917 bits per heavy atom. The Hall–Kier alpha value is -3.04. The lowest BCUT2D eigenvalue weighted by atomic mass is 10.1. The number of carbonyl (C=O) groups is 1. The molecule has 0 spiro atoms. The van der Waals surface area contributed by atoms with Crippen molar-refractivity contribution < 1.29 is 27.1 Å². The van der Waals surface area contributed by atoms with Gasteiger partial charge in [0.05, 0.1) is 0 Å². The van der Waals surface area contributed by atoms with Crippen LogP contribution in [0.4, 0.5) is 22.4 Å². The number of likely N-dealkylation sites (tertiary alicyclic amines) is 1. The third-order valence-electron chi connectivity index (χ3n) is 6.10. The highest BCUT2D eigenvalue weighted by Gasteiger charge is 2.36. The topological polar surface area (TPSA) is 32.8 Å². The molecule has 4 nitrogen and oxygen atoms in total. The number of hydrogen-bond acceptors (Lipinski definition) is 4. The van der Waals surface area contributed by atoms with Crippen LogP contribution in [0.3, 0.4) is 0 Å². The molecule has 0 aromatic heterocycles. The molecule has 190 valence electrons. The molecule has 1 aliphatic rings. The van der Waals surface area contributed by atoms with E-state index in [0.29, 0.717) is 13.0 Å². The first-order chi connectivity index (χ1) is 17.3. The van der Waals surface area contributed by atoms with E-state index in [1.54, 1.807) is 9.80 Å². The average Bonchev–Trinajstić information content (AvgIpc) is 3.22. The van der Waals surface area contributed by atoms with E-state index in [0.717, 1.165) is 42.0 Å². The minimum atomic E-state index is -0.612. The molecule has 1 amide bonds. The first kappa shape index (κ1) is 26.0. The molecule has 0 N–H and O–H groups in total. The summed E-state index contributed by atoms with van der Waals surface area (Å²) in [6.07, 6.45) is 0.00588. The maximum absolute atomic E-state index is 14.4. The standard InChI is InChI=1S/C27H26F4N2O2S/c28-21-6-8-25(30)19(10-21)13-32(14-20-11-22(29)7-9-26(20)31)15-23-12-24(36)16-33(23)27(34)35-17-18-4-2-1-3-5-18/h1-11,23-24,36H,12-17H2/t23-,24+/m0/s1. The first-order valence-electron chi connectivity index (χ1n) is 11.5. The zero-order valence-corrected chi connectivity index (χ0v) is 20.3. The molecule has 1 saturated heterocycles. The summed E-state index contributed by atoms with van der Waals surface area (Å²) in [5.74, 6) is -2.44. The molecule has 9 heteroatoms. The highest BCUT2D eigenvalue weighted by Crippen LogP contribution is 2.26. The summed E-state index contributed by atoms with van der Waals surface area (Å²) in [5, 5.41) is -0.113. The van der Waals surface area contributed by atoms with Crippen molar-refractivity contribution in [3.8, 4) is 0 Å². The highest BCUT2D eigenvalue weighted by atomic mass is 32.1. The largest absolute Gasteiger partial charge is 0.445 e. The summed E-state index contributed by atoms with van der Waals surface area (Å²) in [6.45, 7) is 0.508. The Balaban J connectivity index is 1.53. The number of ether oxygens (including phenoxy) is 1. The van der Waals surface area contributed by atoms with Gasteiger partial charge < -0.3 is 9.64 Å². The monoisotopic (exact) mass is 518 g/mol. The lowest BCUT2D eigenvalue weighted by Gasteiger charge is -2.30. The summed E-state index contributed by atoms with van der Waals surface area (Å²) in [6, 6.07) is 15.1. The van der Waals surface area contributed by atoms with E-state index in [-0.39, 0.29) is 48.7 Å². The van der Waals surface area contributed by atoms with E-state index in [9.17, 15) is 22.4 Å². The van der Waals surface area contributed by atoms with Crippen molar-refractivity contribution in [1.82, 2.24) is 9.80 Å². The van der Waals surface area contributed by atoms with E-state index in [1.807, 2.05) is 30.3 Å². The van der Waals surface area contributed by atoms with Crippen LogP contribution in [0.1, 0.15) is 23.1 Å². The number of nitrogens with zero attached hydrogens (tertiary/aromatic N) is 2. The molecule has 0 radical (unpaired) electrons. The molecular formula is C27H26F4N2O2S. The van der Waals surface area contributed by atoms with Crippen molar-refractivity contribution in [3.63, 3.8) is 0 Å². The fraction of sp³-hybridized carbons (Fsp3) is 0.296. The first-order valence-corrected chi connectivity index (χ1v) is 12.1. The Morgan fingerprint density at radius 3 is 2.08 bits per heavy atom. The van der Waals surface area contributed by atoms with Gasteiger partial charge in [0.2, 0.25) is 0 Å². The molecule has 4 rings (SSSR count). The van der Waals surface area contributed by atoms with Crippen molar-refractivity contribution >= 4 is 18.7 Å². The smallest absolute Gasteiger partial charge is 0.410 e. The van der Waals surface area contributed by atoms with Gasteiger partial charge in [0.25, 0.3) is 0 Å². The molecule has 36 heavy (non-hydrogen) atoms. The molecule has 1 heterocycles. The van der Waals surface area contributed by atoms with Crippen molar-refractivity contribution in [1.29, 1.82) is 0 Å². The van der Waals surface area contributed by atoms with Gasteiger partial charge >= 0.3 is 6.09 Å². The molecule has 1 fully saturated rings. The number of rotatable bonds is 8. The van der Waals surface area contributed by atoms with Crippen LogP contribution in [-0.2, 0) is 24.4 Å². The van der Waals surface area contributed by atoms with Crippen LogP contribution in [0.25, 0.3) is 0 Å². The second kappa shape index (κ2) is 11.8. The Morgan fingerprint density at radius 2 is 1.50 bits per heavy atom. The van der Waals surface area contributed by atoms with Gasteiger partial charge in [0.1, 0.15) is 29.9 Å². The van der Waals surface area contributed by atoms with Crippen LogP contribution in [-0.4, -0.2) is 40.3 Å². The number of halogens is 4. The molecule has 3 aromatic rings. The predicted molar refractivity (Wildman–Crippen MR) is 131 cm³/mol. The van der Waals surface area contributed by atoms with Gasteiger partial charge in [-0.1, -0.05) is 30.3 Å². The van der Waals surface area contributed by atoms with Crippen LogP contribution in [0.15, 0.2) is 66.7 Å². The molecule has 2 atom stereocenters. The van der Waals surface area contributed by atoms with Crippen molar-refractivity contribution in [2.75, 3.05) is 13.1 Å². The third-order valence-corrected chi connectivity index (χ3v) is 6.48. The van der Waals surface area contributed by atoms with Gasteiger partial charge in [-0.15, -0.1) is 0 Å². The normalized spacial score (nSPS) is 17.6. The van der Waals surface area contributed by atoms with Gasteiger partial charge in [0.15, 0.2) is 0 Å². The number of benzene rings is 3. The zero-order valence-electron chi connectivity index (χ0n) is 19.4. The van der Waals surface area contributed by atoms with Gasteiger partial charge in [0, 0.05) is 48.6 Å². The Bertz CT molecular complexity index is 1140. The van der Waals surface area contributed by atoms with Gasteiger partial charge in [-0.05, 0) is 48.4 Å². The maximum Gasteiger partial charge on any atom is 0.410 e. The number of amides is 1. The fourth-order valence-corrected chi connectivity index (χ4v) is 4.80. The lowest BCUT2D eigenvalue weighted by molar-refractivity contribution is 0.0820. The minimum absolute atomic E-state index is 0.0693. The van der Waals surface area contributed by atoms with E-state index in [2.05, 4.69) is 12.6 Å². The van der Waals surface area contributed by atoms with Crippen LogP contribution in [0.2, 0.25) is 0 Å². The predicted octanol–water partition coefficient (Wildman–Crippen LogP) is 5.95. The second-order valence-electron chi connectivity index (χ2n) is 8.88. The SMILES string of the molecule is O=C(OCc1ccccc1)N1C[C@H](S)C[C@H]1CN(Cc1cc(F)ccc1F)Cc1cc(F)ccc1F. The fourth-order valence-electron chi connectivity index (χ4n) is 4.38. The van der Waals surface area contributed by atoms with Crippen molar-refractivity contribution in [3.05, 3.63) is 107 Å². The van der Waals surface area contributed by atoms with Crippen molar-refractivity contribution in [2.24, 2.45) is 0 Å². The number of thiol groups is 1. The molecule has 0 bridgehead atoms. The van der Waals surface area contributed by atoms with Gasteiger partial charge in [-0.25, -0.2) is 22.4 Å². The molecular weight excluding hydrogens is 492 g/mol. The molecule has 0 saturated carbocycles. The molecule has 1 aliphatic heterocycles. The van der Waals surface area contributed by atoms with E-state index >= 15 is 0 Å². The molecule has 0 aliphatic carbocycles. The summed E-state index contributed by atoms with van der Waals surface area (Å²) < 4.78 is 62.0. The zero-order chi connectivity index (χ0) is 25.7. The second-order valence-corrected chi connectivity index (χ2v) is 9.61. The lowest BCUT2D eigenvalue weighted by Crippen LogP contribution is -2.43. The number of carbonyl (C=O) groups excluding carboxylic acids is 1. The third kappa shape index (κ3) is 6.79. The summed E-state index contributed by atoms with van der Waals surface area (Å²) in [5.41, 5.74) is 0.990. The molecule has 0 unspecified atom stereocenters. The Labute approximate surface area is 212 Å².